The van der Waals surface area contributed by atoms with E-state index in [4.69, 9.17) is 11.6 Å². The van der Waals surface area contributed by atoms with Crippen molar-refractivity contribution in [3.8, 4) is 0 Å². The van der Waals surface area contributed by atoms with Crippen molar-refractivity contribution < 1.29 is 0 Å². The molecular weight excluding hydrogens is 206 g/mol. The minimum Gasteiger partial charge on any atom is -0.313 e. The van der Waals surface area contributed by atoms with E-state index in [9.17, 15) is 0 Å². The highest BCUT2D eigenvalue weighted by Crippen LogP contribution is 2.22. The van der Waals surface area contributed by atoms with E-state index in [2.05, 4.69) is 23.5 Å². The Balaban J connectivity index is 1.87. The van der Waals surface area contributed by atoms with Gasteiger partial charge in [-0.05, 0) is 48.9 Å². The van der Waals surface area contributed by atoms with Crippen molar-refractivity contribution >= 4 is 11.6 Å². The lowest BCUT2D eigenvalue weighted by molar-refractivity contribution is 0.677. The molecule has 1 nitrogen and oxygen atoms in total. The molecule has 1 aromatic rings. The van der Waals surface area contributed by atoms with E-state index < -0.39 is 0 Å². The predicted octanol–water partition coefficient (Wildman–Crippen LogP) is 2.89. The molecule has 0 aliphatic heterocycles. The SMILES string of the molecule is ClCCCNCc1ccc2c(c1)CCC2. The predicted molar refractivity (Wildman–Crippen MR) is 65.5 cm³/mol. The van der Waals surface area contributed by atoms with Gasteiger partial charge in [0.05, 0.1) is 0 Å². The van der Waals surface area contributed by atoms with Gasteiger partial charge in [0, 0.05) is 12.4 Å². The summed E-state index contributed by atoms with van der Waals surface area (Å²) in [4.78, 5) is 0. The zero-order valence-electron chi connectivity index (χ0n) is 9.06. The van der Waals surface area contributed by atoms with Crippen molar-refractivity contribution in [2.24, 2.45) is 0 Å². The quantitative estimate of drug-likeness (QED) is 0.598. The third-order valence-corrected chi connectivity index (χ3v) is 3.25. The maximum Gasteiger partial charge on any atom is 0.0235 e. The molecule has 0 heterocycles. The number of hydrogen-bond acceptors (Lipinski definition) is 1. The Morgan fingerprint density at radius 1 is 1.20 bits per heavy atom. The van der Waals surface area contributed by atoms with Crippen LogP contribution in [0.4, 0.5) is 0 Å². The number of halogens is 1. The lowest BCUT2D eigenvalue weighted by Gasteiger charge is -2.06. The molecule has 0 saturated carbocycles. The third-order valence-electron chi connectivity index (χ3n) is 2.98. The molecule has 15 heavy (non-hydrogen) atoms. The molecule has 0 radical (unpaired) electrons. The summed E-state index contributed by atoms with van der Waals surface area (Å²) in [7, 11) is 0. The van der Waals surface area contributed by atoms with Gasteiger partial charge < -0.3 is 5.32 Å². The number of fused-ring (bicyclic) bond motifs is 1. The first-order valence-electron chi connectivity index (χ1n) is 5.77. The standard InChI is InChI=1S/C13H18ClN/c14-7-2-8-15-10-11-5-6-12-3-1-4-13(12)9-11/h5-6,9,15H,1-4,7-8,10H2. The molecule has 0 saturated heterocycles. The maximum absolute atomic E-state index is 5.62. The number of hydrogen-bond donors (Lipinski definition) is 1. The van der Waals surface area contributed by atoms with Gasteiger partial charge in [-0.2, -0.15) is 0 Å². The molecule has 0 spiro atoms. The van der Waals surface area contributed by atoms with Crippen molar-refractivity contribution in [1.82, 2.24) is 5.32 Å². The lowest BCUT2D eigenvalue weighted by Crippen LogP contribution is -2.15. The second-order valence-electron chi connectivity index (χ2n) is 4.18. The van der Waals surface area contributed by atoms with Gasteiger partial charge in [-0.1, -0.05) is 18.2 Å². The summed E-state index contributed by atoms with van der Waals surface area (Å²) in [5.74, 6) is 0.747. The molecule has 1 aromatic carbocycles. The van der Waals surface area contributed by atoms with Gasteiger partial charge in [-0.15, -0.1) is 11.6 Å². The topological polar surface area (TPSA) is 12.0 Å². The first-order valence-corrected chi connectivity index (χ1v) is 6.31. The average Bonchev–Trinajstić information content (AvgIpc) is 2.71. The van der Waals surface area contributed by atoms with Crippen LogP contribution in [0, 0.1) is 0 Å². The van der Waals surface area contributed by atoms with Crippen LogP contribution in [0.2, 0.25) is 0 Å². The molecule has 1 aliphatic carbocycles. The fourth-order valence-electron chi connectivity index (χ4n) is 2.16. The Kier molecular flexibility index (Phi) is 4.04. The zero-order valence-corrected chi connectivity index (χ0v) is 9.82. The third kappa shape index (κ3) is 2.96. The Hall–Kier alpha value is -0.530. The van der Waals surface area contributed by atoms with E-state index in [0.29, 0.717) is 0 Å². The molecule has 0 aromatic heterocycles. The summed E-state index contributed by atoms with van der Waals surface area (Å²) >= 11 is 5.62. The molecule has 1 N–H and O–H groups in total. The van der Waals surface area contributed by atoms with E-state index in [1.807, 2.05) is 0 Å². The molecule has 2 rings (SSSR count). The van der Waals surface area contributed by atoms with Crippen molar-refractivity contribution in [3.05, 3.63) is 34.9 Å². The second-order valence-corrected chi connectivity index (χ2v) is 4.55. The van der Waals surface area contributed by atoms with Crippen LogP contribution in [0.3, 0.4) is 0 Å². The van der Waals surface area contributed by atoms with Gasteiger partial charge in [-0.3, -0.25) is 0 Å². The maximum atomic E-state index is 5.62. The van der Waals surface area contributed by atoms with Crippen LogP contribution in [0.25, 0.3) is 0 Å². The average molecular weight is 224 g/mol. The van der Waals surface area contributed by atoms with E-state index in [1.54, 1.807) is 11.1 Å². The molecule has 2 heteroatoms. The van der Waals surface area contributed by atoms with Crippen LogP contribution in [-0.4, -0.2) is 12.4 Å². The number of benzene rings is 1. The molecule has 0 amide bonds. The largest absolute Gasteiger partial charge is 0.313 e. The molecule has 0 unspecified atom stereocenters. The Labute approximate surface area is 96.8 Å². The Bertz CT molecular complexity index is 322. The van der Waals surface area contributed by atoms with Crippen LogP contribution in [0.5, 0.6) is 0 Å². The minimum atomic E-state index is 0.747. The molecule has 0 atom stereocenters. The highest BCUT2D eigenvalue weighted by atomic mass is 35.5. The van der Waals surface area contributed by atoms with Gasteiger partial charge >= 0.3 is 0 Å². The van der Waals surface area contributed by atoms with Gasteiger partial charge in [0.25, 0.3) is 0 Å². The summed E-state index contributed by atoms with van der Waals surface area (Å²) in [5.41, 5.74) is 4.52. The van der Waals surface area contributed by atoms with Crippen LogP contribution in [-0.2, 0) is 19.4 Å². The summed E-state index contributed by atoms with van der Waals surface area (Å²) in [6.45, 7) is 1.99. The van der Waals surface area contributed by atoms with Gasteiger partial charge in [-0.25, -0.2) is 0 Å². The molecule has 0 fully saturated rings. The number of rotatable bonds is 5. The molecule has 0 bridgehead atoms. The first kappa shape index (κ1) is 11.0. The van der Waals surface area contributed by atoms with Crippen molar-refractivity contribution in [2.45, 2.75) is 32.2 Å². The highest BCUT2D eigenvalue weighted by molar-refractivity contribution is 6.17. The summed E-state index contributed by atoms with van der Waals surface area (Å²) < 4.78 is 0. The van der Waals surface area contributed by atoms with Crippen molar-refractivity contribution in [2.75, 3.05) is 12.4 Å². The van der Waals surface area contributed by atoms with E-state index >= 15 is 0 Å². The lowest BCUT2D eigenvalue weighted by atomic mass is 10.1. The minimum absolute atomic E-state index is 0.747. The van der Waals surface area contributed by atoms with Crippen LogP contribution in [0.1, 0.15) is 29.5 Å². The number of nitrogens with one attached hydrogen (secondary N) is 1. The van der Waals surface area contributed by atoms with Crippen molar-refractivity contribution in [3.63, 3.8) is 0 Å². The Morgan fingerprint density at radius 3 is 2.93 bits per heavy atom. The smallest absolute Gasteiger partial charge is 0.0235 e. The van der Waals surface area contributed by atoms with Gasteiger partial charge in [0.1, 0.15) is 0 Å². The highest BCUT2D eigenvalue weighted by Gasteiger charge is 2.10. The van der Waals surface area contributed by atoms with E-state index in [-0.39, 0.29) is 0 Å². The fourth-order valence-corrected chi connectivity index (χ4v) is 2.29. The van der Waals surface area contributed by atoms with E-state index in [0.717, 1.165) is 25.4 Å². The zero-order chi connectivity index (χ0) is 10.5. The number of alkyl halides is 1. The summed E-state index contributed by atoms with van der Waals surface area (Å²) in [6, 6.07) is 6.90. The first-order chi connectivity index (χ1) is 7.40. The fraction of sp³-hybridized carbons (Fsp3) is 0.538. The van der Waals surface area contributed by atoms with E-state index in [1.165, 1.54) is 24.8 Å². The summed E-state index contributed by atoms with van der Waals surface area (Å²) in [6.07, 6.45) is 4.92. The van der Waals surface area contributed by atoms with Crippen molar-refractivity contribution in [1.29, 1.82) is 0 Å². The molecular formula is C13H18ClN. The van der Waals surface area contributed by atoms with Gasteiger partial charge in [0.2, 0.25) is 0 Å². The molecule has 82 valence electrons. The Morgan fingerprint density at radius 2 is 2.07 bits per heavy atom. The molecule has 1 aliphatic rings. The monoisotopic (exact) mass is 223 g/mol. The number of aryl methyl sites for hydroxylation is 2. The van der Waals surface area contributed by atoms with Crippen LogP contribution < -0.4 is 5.32 Å². The van der Waals surface area contributed by atoms with Crippen LogP contribution in [0.15, 0.2) is 18.2 Å². The second kappa shape index (κ2) is 5.53. The van der Waals surface area contributed by atoms with Gasteiger partial charge in [0.15, 0.2) is 0 Å². The summed E-state index contributed by atoms with van der Waals surface area (Å²) in [5, 5.41) is 3.41. The normalized spacial score (nSPS) is 14.2. The van der Waals surface area contributed by atoms with Crippen LogP contribution >= 0.6 is 11.6 Å².